The summed E-state index contributed by atoms with van der Waals surface area (Å²) in [4.78, 5) is 18.7. The molecule has 0 spiro atoms. The predicted octanol–water partition coefficient (Wildman–Crippen LogP) is 3.85. The van der Waals surface area contributed by atoms with Crippen LogP contribution in [-0.4, -0.2) is 49.4 Å². The number of amidine groups is 1. The summed E-state index contributed by atoms with van der Waals surface area (Å²) in [6, 6.07) is 11.8. The molecule has 2 saturated heterocycles. The van der Waals surface area contributed by atoms with Crippen molar-refractivity contribution < 1.29 is 17.9 Å². The Morgan fingerprint density at radius 3 is 2.63 bits per heavy atom. The average molecular weight is 485 g/mol. The summed E-state index contributed by atoms with van der Waals surface area (Å²) in [5, 5.41) is 1.12. The van der Waals surface area contributed by atoms with Gasteiger partial charge in [-0.1, -0.05) is 47.1 Å². The van der Waals surface area contributed by atoms with Crippen LogP contribution in [0.25, 0.3) is 0 Å². The van der Waals surface area contributed by atoms with Crippen LogP contribution < -0.4 is 9.64 Å². The number of rotatable bonds is 4. The Labute approximate surface area is 189 Å². The number of sulfone groups is 1. The van der Waals surface area contributed by atoms with Crippen LogP contribution in [0.4, 0.5) is 5.69 Å². The van der Waals surface area contributed by atoms with E-state index < -0.39 is 9.84 Å². The Morgan fingerprint density at radius 1 is 1.20 bits per heavy atom. The van der Waals surface area contributed by atoms with Gasteiger partial charge in [-0.3, -0.25) is 4.79 Å². The molecule has 30 heavy (non-hydrogen) atoms. The van der Waals surface area contributed by atoms with Gasteiger partial charge in [0.25, 0.3) is 5.91 Å². The Morgan fingerprint density at radius 2 is 1.93 bits per heavy atom. The summed E-state index contributed by atoms with van der Waals surface area (Å²) in [6.45, 7) is 0. The van der Waals surface area contributed by atoms with E-state index in [1.165, 1.54) is 11.8 Å². The van der Waals surface area contributed by atoms with Crippen molar-refractivity contribution in [3.63, 3.8) is 0 Å². The summed E-state index contributed by atoms with van der Waals surface area (Å²) in [6.07, 6.45) is 0.124. The van der Waals surface area contributed by atoms with Crippen molar-refractivity contribution in [3.8, 4) is 5.75 Å². The van der Waals surface area contributed by atoms with Crippen LogP contribution in [0.1, 0.15) is 5.56 Å². The predicted molar refractivity (Wildman–Crippen MR) is 122 cm³/mol. The molecule has 0 bridgehead atoms. The number of ether oxygens (including phenoxy) is 1. The molecule has 0 saturated carbocycles. The minimum absolute atomic E-state index is 0.0147. The highest BCUT2D eigenvalue weighted by atomic mass is 35.5. The van der Waals surface area contributed by atoms with Gasteiger partial charge >= 0.3 is 0 Å². The van der Waals surface area contributed by atoms with Gasteiger partial charge in [0.2, 0.25) is 0 Å². The summed E-state index contributed by atoms with van der Waals surface area (Å²) in [7, 11) is -1.59. The number of hydrogen-bond acceptors (Lipinski definition) is 5. The van der Waals surface area contributed by atoms with E-state index in [-0.39, 0.29) is 35.1 Å². The van der Waals surface area contributed by atoms with Crippen LogP contribution in [0.5, 0.6) is 5.75 Å². The third kappa shape index (κ3) is 4.46. The molecular formula is C20H18Cl2N2O4S2. The van der Waals surface area contributed by atoms with E-state index in [4.69, 9.17) is 27.9 Å². The number of anilines is 1. The van der Waals surface area contributed by atoms with Gasteiger partial charge in [-0.15, -0.1) is 0 Å². The monoisotopic (exact) mass is 484 g/mol. The van der Waals surface area contributed by atoms with Crippen LogP contribution in [0.2, 0.25) is 10.0 Å². The van der Waals surface area contributed by atoms with Crippen molar-refractivity contribution in [3.05, 3.63) is 58.1 Å². The molecule has 2 aromatic rings. The molecule has 2 atom stereocenters. The molecule has 2 heterocycles. The molecule has 2 aliphatic heterocycles. The quantitative estimate of drug-likeness (QED) is 0.655. The molecule has 4 rings (SSSR count). The van der Waals surface area contributed by atoms with Gasteiger partial charge in [0, 0.05) is 10.3 Å². The molecule has 10 heteroatoms. The molecule has 0 N–H and O–H groups in total. The summed E-state index contributed by atoms with van der Waals surface area (Å²) in [5.41, 5.74) is 1.36. The van der Waals surface area contributed by atoms with E-state index >= 15 is 0 Å². The molecule has 0 radical (unpaired) electrons. The van der Waals surface area contributed by atoms with Crippen LogP contribution in [0.15, 0.2) is 47.5 Å². The highest BCUT2D eigenvalue weighted by Crippen LogP contribution is 2.43. The molecule has 2 fully saturated rings. The van der Waals surface area contributed by atoms with Gasteiger partial charge < -0.3 is 9.64 Å². The fourth-order valence-electron chi connectivity index (χ4n) is 3.58. The number of carbonyl (C=O) groups is 1. The number of nitrogens with zero attached hydrogens (tertiary/aromatic N) is 2. The second kappa shape index (κ2) is 8.42. The smallest absolute Gasteiger partial charge is 0.252 e. The standard InChI is InChI=1S/C20H18Cl2N2O4S2/c1-28-14-5-2-12(3-6-14)8-19(25)23-20-24(16-9-13(21)4-7-15(16)22)17-10-30(26,27)11-18(17)29-20/h2-7,9,17-18H,8,10-11H2,1H3/t17-,18+/m0/s1. The molecule has 0 aromatic heterocycles. The normalized spacial score (nSPS) is 23.6. The number of halogens is 2. The second-order valence-corrected chi connectivity index (χ2v) is 11.3. The number of carbonyl (C=O) groups excluding carboxylic acids is 1. The lowest BCUT2D eigenvalue weighted by Crippen LogP contribution is -2.38. The van der Waals surface area contributed by atoms with Crippen LogP contribution in [0.3, 0.4) is 0 Å². The molecule has 158 valence electrons. The largest absolute Gasteiger partial charge is 0.497 e. The van der Waals surface area contributed by atoms with Crippen molar-refractivity contribution in [2.75, 3.05) is 23.5 Å². The maximum atomic E-state index is 12.7. The second-order valence-electron chi connectivity index (χ2n) is 7.08. The highest BCUT2D eigenvalue weighted by molar-refractivity contribution is 8.16. The Bertz CT molecular complexity index is 1120. The lowest BCUT2D eigenvalue weighted by atomic mass is 10.1. The molecule has 0 unspecified atom stereocenters. The van der Waals surface area contributed by atoms with Crippen LogP contribution >= 0.6 is 35.0 Å². The van der Waals surface area contributed by atoms with Crippen molar-refractivity contribution in [1.82, 2.24) is 0 Å². The number of aliphatic imine (C=N–C) groups is 1. The van der Waals surface area contributed by atoms with Gasteiger partial charge in [-0.05, 0) is 35.9 Å². The average Bonchev–Trinajstić information content (AvgIpc) is 3.15. The third-order valence-corrected chi connectivity index (χ3v) is 8.73. The van der Waals surface area contributed by atoms with Crippen LogP contribution in [0, 0.1) is 0 Å². The number of methoxy groups -OCH3 is 1. The van der Waals surface area contributed by atoms with Gasteiger partial charge in [0.15, 0.2) is 15.0 Å². The maximum absolute atomic E-state index is 12.7. The van der Waals surface area contributed by atoms with E-state index in [0.29, 0.717) is 26.6 Å². The SMILES string of the molecule is COc1ccc(CC(=O)N=C2S[C@@H]3CS(=O)(=O)C[C@@H]3N2c2cc(Cl)ccc2Cl)cc1. The lowest BCUT2D eigenvalue weighted by molar-refractivity contribution is -0.117. The molecule has 2 aliphatic rings. The number of benzene rings is 2. The van der Waals surface area contributed by atoms with E-state index in [0.717, 1.165) is 5.56 Å². The molecule has 6 nitrogen and oxygen atoms in total. The minimum atomic E-state index is -3.17. The van der Waals surface area contributed by atoms with Crippen molar-refractivity contribution in [2.24, 2.45) is 4.99 Å². The first-order chi connectivity index (χ1) is 14.3. The first kappa shape index (κ1) is 21.5. The van der Waals surface area contributed by atoms with E-state index in [9.17, 15) is 13.2 Å². The van der Waals surface area contributed by atoms with Gasteiger partial charge in [0.1, 0.15) is 5.75 Å². The van der Waals surface area contributed by atoms with Gasteiger partial charge in [-0.2, -0.15) is 4.99 Å². The number of hydrogen-bond donors (Lipinski definition) is 0. The molecule has 0 aliphatic carbocycles. The zero-order valence-corrected chi connectivity index (χ0v) is 19.1. The summed E-state index contributed by atoms with van der Waals surface area (Å²) in [5.74, 6) is 0.412. The van der Waals surface area contributed by atoms with Crippen molar-refractivity contribution in [1.29, 1.82) is 0 Å². The summed E-state index contributed by atoms with van der Waals surface area (Å²) >= 11 is 13.8. The van der Waals surface area contributed by atoms with Crippen LogP contribution in [-0.2, 0) is 21.1 Å². The molecule has 2 aromatic carbocycles. The van der Waals surface area contributed by atoms with E-state index in [1.54, 1.807) is 42.3 Å². The molecular weight excluding hydrogens is 467 g/mol. The Kier molecular flexibility index (Phi) is 6.03. The number of fused-ring (bicyclic) bond motifs is 1. The minimum Gasteiger partial charge on any atom is -0.497 e. The first-order valence-electron chi connectivity index (χ1n) is 9.11. The fraction of sp³-hybridized carbons (Fsp3) is 0.300. The van der Waals surface area contributed by atoms with Crippen molar-refractivity contribution >= 4 is 61.6 Å². The third-order valence-electron chi connectivity index (χ3n) is 4.97. The molecule has 1 amide bonds. The number of amides is 1. The Balaban J connectivity index is 1.64. The summed E-state index contributed by atoms with van der Waals surface area (Å²) < 4.78 is 29.5. The zero-order valence-electron chi connectivity index (χ0n) is 15.9. The van der Waals surface area contributed by atoms with Gasteiger partial charge in [0.05, 0.1) is 41.8 Å². The Hall–Kier alpha value is -1.74. The van der Waals surface area contributed by atoms with E-state index in [2.05, 4.69) is 4.99 Å². The van der Waals surface area contributed by atoms with E-state index in [1.807, 2.05) is 12.1 Å². The first-order valence-corrected chi connectivity index (χ1v) is 12.6. The topological polar surface area (TPSA) is 76.0 Å². The fourth-order valence-corrected chi connectivity index (χ4v) is 7.88. The maximum Gasteiger partial charge on any atom is 0.252 e. The lowest BCUT2D eigenvalue weighted by Gasteiger charge is -2.25. The highest BCUT2D eigenvalue weighted by Gasteiger charge is 2.49. The van der Waals surface area contributed by atoms with Gasteiger partial charge in [-0.25, -0.2) is 8.42 Å². The number of thioether (sulfide) groups is 1. The van der Waals surface area contributed by atoms with Crippen molar-refractivity contribution in [2.45, 2.75) is 17.7 Å². The zero-order chi connectivity index (χ0) is 21.5.